The molecule has 0 aliphatic carbocycles. The van der Waals surface area contributed by atoms with Crippen LogP contribution in [-0.2, 0) is 0 Å². The van der Waals surface area contributed by atoms with Gasteiger partial charge in [0.1, 0.15) is 16.5 Å². The van der Waals surface area contributed by atoms with Crippen molar-refractivity contribution in [1.82, 2.24) is 0 Å². The molecule has 0 saturated heterocycles. The van der Waals surface area contributed by atoms with Gasteiger partial charge in [-0.05, 0) is 36.8 Å². The first-order valence-electron chi connectivity index (χ1n) is 5.45. The molecule has 0 spiro atoms. The monoisotopic (exact) mass is 278 g/mol. The number of nitrogen functional groups attached to an aromatic ring is 1. The highest BCUT2D eigenvalue weighted by atomic mass is 35.5. The van der Waals surface area contributed by atoms with Crippen molar-refractivity contribution in [2.45, 2.75) is 6.92 Å². The van der Waals surface area contributed by atoms with E-state index in [0.29, 0.717) is 22.7 Å². The summed E-state index contributed by atoms with van der Waals surface area (Å²) in [4.78, 5) is 10.2. The molecule has 0 saturated carbocycles. The van der Waals surface area contributed by atoms with Crippen molar-refractivity contribution in [2.24, 2.45) is 0 Å². The largest absolute Gasteiger partial charge is 0.457 e. The zero-order chi connectivity index (χ0) is 14.0. The van der Waals surface area contributed by atoms with Crippen molar-refractivity contribution in [2.75, 3.05) is 5.73 Å². The average molecular weight is 279 g/mol. The summed E-state index contributed by atoms with van der Waals surface area (Å²) in [6.45, 7) is 1.72. The molecule has 2 aromatic rings. The van der Waals surface area contributed by atoms with Crippen molar-refractivity contribution >= 4 is 23.0 Å². The van der Waals surface area contributed by atoms with Crippen LogP contribution < -0.4 is 10.5 Å². The van der Waals surface area contributed by atoms with Crippen molar-refractivity contribution < 1.29 is 9.66 Å². The van der Waals surface area contributed by atoms with Gasteiger partial charge in [0.15, 0.2) is 0 Å². The van der Waals surface area contributed by atoms with Crippen LogP contribution in [0, 0.1) is 17.0 Å². The number of anilines is 1. The molecule has 0 unspecified atom stereocenters. The maximum atomic E-state index is 10.7. The molecule has 0 atom stereocenters. The van der Waals surface area contributed by atoms with Crippen LogP contribution in [0.3, 0.4) is 0 Å². The molecule has 19 heavy (non-hydrogen) atoms. The first-order chi connectivity index (χ1) is 8.97. The molecule has 0 heterocycles. The van der Waals surface area contributed by atoms with Crippen LogP contribution in [0.15, 0.2) is 36.4 Å². The third-order valence-electron chi connectivity index (χ3n) is 2.55. The number of rotatable bonds is 3. The van der Waals surface area contributed by atoms with Gasteiger partial charge in [0.25, 0.3) is 5.69 Å². The second-order valence-electron chi connectivity index (χ2n) is 4.00. The number of halogens is 1. The molecule has 2 aromatic carbocycles. The van der Waals surface area contributed by atoms with Gasteiger partial charge in [-0.2, -0.15) is 0 Å². The molecule has 0 radical (unpaired) electrons. The third kappa shape index (κ3) is 2.95. The Morgan fingerprint density at radius 2 is 1.89 bits per heavy atom. The fourth-order valence-electron chi connectivity index (χ4n) is 1.56. The summed E-state index contributed by atoms with van der Waals surface area (Å²) in [5.41, 5.74) is 6.70. The number of nitro groups is 1. The number of nitro benzene ring substituents is 1. The number of hydrogen-bond acceptors (Lipinski definition) is 4. The van der Waals surface area contributed by atoms with Crippen LogP contribution >= 0.6 is 11.6 Å². The predicted molar refractivity (Wildman–Crippen MR) is 73.8 cm³/mol. The Morgan fingerprint density at radius 3 is 2.47 bits per heavy atom. The van der Waals surface area contributed by atoms with E-state index in [1.807, 2.05) is 0 Å². The van der Waals surface area contributed by atoms with Crippen LogP contribution in [0.4, 0.5) is 11.4 Å². The maximum absolute atomic E-state index is 10.7. The van der Waals surface area contributed by atoms with Gasteiger partial charge in [0, 0.05) is 17.8 Å². The molecule has 2 rings (SSSR count). The number of nitrogens with zero attached hydrogens (tertiary/aromatic N) is 1. The fourth-order valence-corrected chi connectivity index (χ4v) is 1.78. The summed E-state index contributed by atoms with van der Waals surface area (Å²) in [5.74, 6) is 1.06. The van der Waals surface area contributed by atoms with Crippen molar-refractivity contribution in [3.63, 3.8) is 0 Å². The highest BCUT2D eigenvalue weighted by Crippen LogP contribution is 2.34. The number of benzene rings is 2. The van der Waals surface area contributed by atoms with Crippen molar-refractivity contribution in [3.05, 3.63) is 57.1 Å². The molecule has 0 bridgehead atoms. The molecule has 98 valence electrons. The van der Waals surface area contributed by atoms with Crippen LogP contribution in [0.1, 0.15) is 5.56 Å². The number of aryl methyl sites for hydroxylation is 1. The summed E-state index contributed by atoms with van der Waals surface area (Å²) in [6, 6.07) is 9.66. The normalized spacial score (nSPS) is 10.2. The summed E-state index contributed by atoms with van der Waals surface area (Å²) in [5, 5.41) is 10.8. The minimum absolute atomic E-state index is 0.0426. The van der Waals surface area contributed by atoms with E-state index in [-0.39, 0.29) is 10.7 Å². The molecule has 0 fully saturated rings. The van der Waals surface area contributed by atoms with Crippen LogP contribution in [0.25, 0.3) is 0 Å². The molecule has 5 nitrogen and oxygen atoms in total. The molecule has 0 aliphatic heterocycles. The Morgan fingerprint density at radius 1 is 1.26 bits per heavy atom. The van der Waals surface area contributed by atoms with Gasteiger partial charge in [0.05, 0.1) is 4.92 Å². The van der Waals surface area contributed by atoms with Gasteiger partial charge < -0.3 is 10.5 Å². The SMILES string of the molecule is Cc1cc([N+](=O)[O-])c(Cl)cc1Oc1ccc(N)cc1. The lowest BCUT2D eigenvalue weighted by Crippen LogP contribution is -1.93. The fraction of sp³-hybridized carbons (Fsp3) is 0.0769. The molecule has 0 aliphatic rings. The Bertz CT molecular complexity index is 627. The minimum atomic E-state index is -0.525. The van der Waals surface area contributed by atoms with Gasteiger partial charge in [-0.25, -0.2) is 0 Å². The summed E-state index contributed by atoms with van der Waals surface area (Å²) in [6.07, 6.45) is 0. The summed E-state index contributed by atoms with van der Waals surface area (Å²) < 4.78 is 5.62. The predicted octanol–water partition coefficient (Wildman–Crippen LogP) is 3.93. The second-order valence-corrected chi connectivity index (χ2v) is 4.40. The van der Waals surface area contributed by atoms with E-state index in [9.17, 15) is 10.1 Å². The number of nitrogens with two attached hydrogens (primary N) is 1. The summed E-state index contributed by atoms with van der Waals surface area (Å²) >= 11 is 5.85. The van der Waals surface area contributed by atoms with E-state index in [4.69, 9.17) is 22.1 Å². The van der Waals surface area contributed by atoms with Crippen LogP contribution in [-0.4, -0.2) is 4.92 Å². The maximum Gasteiger partial charge on any atom is 0.288 e. The first-order valence-corrected chi connectivity index (χ1v) is 5.83. The van der Waals surface area contributed by atoms with E-state index < -0.39 is 4.92 Å². The summed E-state index contributed by atoms with van der Waals surface area (Å²) in [7, 11) is 0. The van der Waals surface area contributed by atoms with E-state index in [2.05, 4.69) is 0 Å². The smallest absolute Gasteiger partial charge is 0.288 e. The Kier molecular flexibility index (Phi) is 3.57. The van der Waals surface area contributed by atoms with Gasteiger partial charge in [-0.1, -0.05) is 11.6 Å². The van der Waals surface area contributed by atoms with Crippen molar-refractivity contribution in [1.29, 1.82) is 0 Å². The molecule has 0 amide bonds. The lowest BCUT2D eigenvalue weighted by Gasteiger charge is -2.09. The van der Waals surface area contributed by atoms with Gasteiger partial charge in [-0.15, -0.1) is 0 Å². The molecule has 6 heteroatoms. The molecule has 2 N–H and O–H groups in total. The molecule has 0 aromatic heterocycles. The topological polar surface area (TPSA) is 78.4 Å². The zero-order valence-electron chi connectivity index (χ0n) is 10.1. The lowest BCUT2D eigenvalue weighted by atomic mass is 10.2. The average Bonchev–Trinajstić information content (AvgIpc) is 2.35. The van der Waals surface area contributed by atoms with Gasteiger partial charge >= 0.3 is 0 Å². The molecular weight excluding hydrogens is 268 g/mol. The van der Waals surface area contributed by atoms with Crippen LogP contribution in [0.2, 0.25) is 5.02 Å². The van der Waals surface area contributed by atoms with E-state index in [0.717, 1.165) is 0 Å². The Hall–Kier alpha value is -2.27. The van der Waals surface area contributed by atoms with E-state index >= 15 is 0 Å². The zero-order valence-corrected chi connectivity index (χ0v) is 10.8. The van der Waals surface area contributed by atoms with Gasteiger partial charge in [0.2, 0.25) is 0 Å². The number of hydrogen-bond donors (Lipinski definition) is 1. The number of ether oxygens (including phenoxy) is 1. The quantitative estimate of drug-likeness (QED) is 0.524. The second kappa shape index (κ2) is 5.16. The third-order valence-corrected chi connectivity index (χ3v) is 2.85. The Labute approximate surface area is 114 Å². The Balaban J connectivity index is 2.33. The van der Waals surface area contributed by atoms with E-state index in [1.54, 1.807) is 31.2 Å². The van der Waals surface area contributed by atoms with Crippen molar-refractivity contribution in [3.8, 4) is 11.5 Å². The lowest BCUT2D eigenvalue weighted by molar-refractivity contribution is -0.384. The molecular formula is C13H11ClN2O3. The highest BCUT2D eigenvalue weighted by Gasteiger charge is 2.16. The van der Waals surface area contributed by atoms with Gasteiger partial charge in [-0.3, -0.25) is 10.1 Å². The standard InChI is InChI=1S/C13H11ClN2O3/c1-8-6-12(16(17)18)11(14)7-13(8)19-10-4-2-9(15)3-5-10/h2-7H,15H2,1H3. The highest BCUT2D eigenvalue weighted by molar-refractivity contribution is 6.32. The van der Waals surface area contributed by atoms with Crippen LogP contribution in [0.5, 0.6) is 11.5 Å². The minimum Gasteiger partial charge on any atom is -0.457 e. The van der Waals surface area contributed by atoms with E-state index in [1.165, 1.54) is 12.1 Å². The first kappa shape index (κ1) is 13.2.